The number of nitrogens with one attached hydrogen (secondary N) is 1. The Bertz CT molecular complexity index is 1330. The largest absolute Gasteiger partial charge is 0.510 e. The number of thioether (sulfide) groups is 1. The van der Waals surface area contributed by atoms with Gasteiger partial charge in [-0.2, -0.15) is 5.26 Å². The number of aromatic nitrogens is 5. The molecule has 0 bridgehead atoms. The van der Waals surface area contributed by atoms with Gasteiger partial charge in [-0.15, -0.1) is 10.2 Å². The van der Waals surface area contributed by atoms with Gasteiger partial charge in [-0.1, -0.05) is 42.1 Å². The van der Waals surface area contributed by atoms with Gasteiger partial charge in [-0.05, 0) is 57.1 Å². The molecular formula is C25H25N7OS. The van der Waals surface area contributed by atoms with Gasteiger partial charge in [-0.3, -0.25) is 9.47 Å². The summed E-state index contributed by atoms with van der Waals surface area (Å²) in [6.07, 6.45) is 2.41. The number of para-hydroxylation sites is 3. The maximum absolute atomic E-state index is 11.0. The number of hydrogen-bond donors (Lipinski definition) is 2. The van der Waals surface area contributed by atoms with Crippen molar-refractivity contribution in [2.45, 2.75) is 36.7 Å². The number of hydrogen-bond acceptors (Lipinski definition) is 7. The Hall–Kier alpha value is -3.61. The number of fused-ring (bicyclic) bond motifs is 1. The van der Waals surface area contributed by atoms with Crippen molar-refractivity contribution in [2.24, 2.45) is 0 Å². The second-order valence-corrected chi connectivity index (χ2v) is 9.60. The molecule has 2 aromatic heterocycles. The summed E-state index contributed by atoms with van der Waals surface area (Å²) in [6, 6.07) is 19.7. The third kappa shape index (κ3) is 4.42. The Balaban J connectivity index is 1.47. The Morgan fingerprint density at radius 2 is 1.85 bits per heavy atom. The quantitative estimate of drug-likeness (QED) is 0.228. The molecule has 34 heavy (non-hydrogen) atoms. The van der Waals surface area contributed by atoms with E-state index in [1.54, 1.807) is 0 Å². The van der Waals surface area contributed by atoms with Crippen LogP contribution in [-0.2, 0) is 6.54 Å². The normalized spacial score (nSPS) is 15.9. The smallest absolute Gasteiger partial charge is 0.196 e. The van der Waals surface area contributed by atoms with Crippen molar-refractivity contribution in [3.05, 3.63) is 72.0 Å². The van der Waals surface area contributed by atoms with Crippen LogP contribution in [-0.4, -0.2) is 53.1 Å². The van der Waals surface area contributed by atoms with Crippen LogP contribution in [0.25, 0.3) is 22.3 Å². The van der Waals surface area contributed by atoms with Gasteiger partial charge in [0.15, 0.2) is 16.8 Å². The fraction of sp³-hybridized carbons (Fsp3) is 0.280. The Morgan fingerprint density at radius 1 is 1.12 bits per heavy atom. The van der Waals surface area contributed by atoms with Crippen molar-refractivity contribution < 1.29 is 5.11 Å². The lowest BCUT2D eigenvalue weighted by Crippen LogP contribution is -2.21. The molecule has 0 saturated carbocycles. The van der Waals surface area contributed by atoms with E-state index in [1.807, 2.05) is 66.1 Å². The molecular weight excluding hydrogens is 446 g/mol. The number of H-pyrrole nitrogens is 1. The van der Waals surface area contributed by atoms with Crippen LogP contribution in [0.1, 0.15) is 31.4 Å². The lowest BCUT2D eigenvalue weighted by Gasteiger charge is -2.17. The predicted molar refractivity (Wildman–Crippen MR) is 132 cm³/mol. The highest BCUT2D eigenvalue weighted by Crippen LogP contribution is 2.32. The Morgan fingerprint density at radius 3 is 2.59 bits per heavy atom. The molecule has 4 aromatic rings. The zero-order valence-corrected chi connectivity index (χ0v) is 19.7. The zero-order chi connectivity index (χ0) is 23.5. The Kier molecular flexibility index (Phi) is 6.34. The summed E-state index contributed by atoms with van der Waals surface area (Å²) in [6.45, 7) is 4.70. The number of benzene rings is 2. The third-order valence-corrected chi connectivity index (χ3v) is 6.99. The minimum atomic E-state index is -0.436. The van der Waals surface area contributed by atoms with Gasteiger partial charge in [0.1, 0.15) is 17.4 Å². The molecule has 1 saturated heterocycles. The van der Waals surface area contributed by atoms with Crippen molar-refractivity contribution in [1.29, 1.82) is 5.26 Å². The van der Waals surface area contributed by atoms with Crippen LogP contribution in [0.5, 0.6) is 0 Å². The van der Waals surface area contributed by atoms with Gasteiger partial charge in [0.25, 0.3) is 0 Å². The Labute approximate surface area is 202 Å². The van der Waals surface area contributed by atoms with Crippen molar-refractivity contribution in [2.75, 3.05) is 13.1 Å². The lowest BCUT2D eigenvalue weighted by molar-refractivity contribution is 0.319. The first kappa shape index (κ1) is 22.2. The van der Waals surface area contributed by atoms with Crippen LogP contribution in [0.4, 0.5) is 0 Å². The molecule has 1 aliphatic heterocycles. The number of rotatable bonds is 7. The summed E-state index contributed by atoms with van der Waals surface area (Å²) < 4.78 is 2.04. The molecule has 1 atom stereocenters. The van der Waals surface area contributed by atoms with Gasteiger partial charge in [-0.25, -0.2) is 4.98 Å². The van der Waals surface area contributed by atoms with Crippen LogP contribution in [0.3, 0.4) is 0 Å². The molecule has 1 fully saturated rings. The second kappa shape index (κ2) is 9.71. The van der Waals surface area contributed by atoms with Gasteiger partial charge < -0.3 is 10.1 Å². The van der Waals surface area contributed by atoms with E-state index in [0.717, 1.165) is 42.2 Å². The first-order valence-electron chi connectivity index (χ1n) is 11.3. The summed E-state index contributed by atoms with van der Waals surface area (Å²) in [7, 11) is 0. The van der Waals surface area contributed by atoms with E-state index in [9.17, 15) is 10.4 Å². The molecule has 172 valence electrons. The standard InChI is InChI=1S/C25H25N7OS/c1-17(23(33)19(15-26)24-27-20-11-5-6-12-21(20)28-24)34-25-30-29-22(16-31-13-7-8-14-31)32(25)18-9-3-2-4-10-18/h2-6,9-12,17,33H,7-8,13-14,16H2,1H3,(H,27,28)/b23-19-. The molecule has 0 radical (unpaired) electrons. The third-order valence-electron chi connectivity index (χ3n) is 5.94. The number of nitrogens with zero attached hydrogens (tertiary/aromatic N) is 6. The lowest BCUT2D eigenvalue weighted by atomic mass is 10.2. The number of likely N-dealkylation sites (tertiary alicyclic amines) is 1. The monoisotopic (exact) mass is 471 g/mol. The summed E-state index contributed by atoms with van der Waals surface area (Å²) in [5, 5.41) is 30.0. The highest BCUT2D eigenvalue weighted by atomic mass is 32.2. The summed E-state index contributed by atoms with van der Waals surface area (Å²) in [4.78, 5) is 9.99. The van der Waals surface area contributed by atoms with Gasteiger partial charge in [0.2, 0.25) is 0 Å². The van der Waals surface area contributed by atoms with E-state index < -0.39 is 5.25 Å². The average molecular weight is 472 g/mol. The fourth-order valence-electron chi connectivity index (χ4n) is 4.18. The first-order chi connectivity index (χ1) is 16.6. The van der Waals surface area contributed by atoms with Crippen LogP contribution < -0.4 is 0 Å². The van der Waals surface area contributed by atoms with E-state index in [-0.39, 0.29) is 11.3 Å². The zero-order valence-electron chi connectivity index (χ0n) is 18.8. The van der Waals surface area contributed by atoms with Gasteiger partial charge >= 0.3 is 0 Å². The summed E-state index contributed by atoms with van der Waals surface area (Å²) >= 11 is 1.37. The van der Waals surface area contributed by atoms with Crippen molar-refractivity contribution in [1.82, 2.24) is 29.6 Å². The van der Waals surface area contributed by atoms with Gasteiger partial charge in [0.05, 0.1) is 22.8 Å². The molecule has 2 aromatic carbocycles. The van der Waals surface area contributed by atoms with Crippen molar-refractivity contribution in [3.8, 4) is 11.8 Å². The molecule has 0 spiro atoms. The van der Waals surface area contributed by atoms with E-state index >= 15 is 0 Å². The van der Waals surface area contributed by atoms with E-state index in [0.29, 0.717) is 11.0 Å². The highest BCUT2D eigenvalue weighted by molar-refractivity contribution is 7.99. The van der Waals surface area contributed by atoms with E-state index in [1.165, 1.54) is 24.6 Å². The average Bonchev–Trinajstić information content (AvgIpc) is 3.60. The second-order valence-electron chi connectivity index (χ2n) is 8.29. The first-order valence-corrected chi connectivity index (χ1v) is 12.2. The maximum atomic E-state index is 11.0. The van der Waals surface area contributed by atoms with Crippen LogP contribution >= 0.6 is 11.8 Å². The topological polar surface area (TPSA) is 107 Å². The maximum Gasteiger partial charge on any atom is 0.196 e. The molecule has 2 N–H and O–H groups in total. The number of allylic oxidation sites excluding steroid dienone is 1. The van der Waals surface area contributed by atoms with Crippen molar-refractivity contribution >= 4 is 28.4 Å². The number of aliphatic hydroxyl groups is 1. The molecule has 3 heterocycles. The highest BCUT2D eigenvalue weighted by Gasteiger charge is 2.24. The minimum Gasteiger partial charge on any atom is -0.510 e. The minimum absolute atomic E-state index is 0.0461. The number of imidazole rings is 1. The molecule has 1 unspecified atom stereocenters. The molecule has 9 heteroatoms. The SMILES string of the molecule is CC(Sc1nnc(CN2CCCC2)n1-c1ccccc1)/C(O)=C(\C#N)c1nc2ccccc2[nH]1. The van der Waals surface area contributed by atoms with Crippen LogP contribution in [0.2, 0.25) is 0 Å². The van der Waals surface area contributed by atoms with E-state index in [4.69, 9.17) is 0 Å². The number of aromatic amines is 1. The van der Waals surface area contributed by atoms with Crippen molar-refractivity contribution in [3.63, 3.8) is 0 Å². The van der Waals surface area contributed by atoms with E-state index in [2.05, 4.69) is 31.1 Å². The molecule has 8 nitrogen and oxygen atoms in total. The summed E-state index contributed by atoms with van der Waals surface area (Å²) in [5.41, 5.74) is 2.65. The molecule has 0 amide bonds. The number of aliphatic hydroxyl groups excluding tert-OH is 1. The van der Waals surface area contributed by atoms with Gasteiger partial charge in [0, 0.05) is 5.69 Å². The number of nitriles is 1. The summed E-state index contributed by atoms with van der Waals surface area (Å²) in [5.74, 6) is 1.17. The molecule has 0 aliphatic carbocycles. The van der Waals surface area contributed by atoms with Crippen LogP contribution in [0.15, 0.2) is 65.5 Å². The fourth-order valence-corrected chi connectivity index (χ4v) is 5.13. The predicted octanol–water partition coefficient (Wildman–Crippen LogP) is 4.71. The molecule has 1 aliphatic rings. The van der Waals surface area contributed by atoms with Crippen LogP contribution in [0, 0.1) is 11.3 Å². The molecule has 5 rings (SSSR count).